The lowest BCUT2D eigenvalue weighted by atomic mass is 9.97. The van der Waals surface area contributed by atoms with Crippen molar-refractivity contribution in [2.75, 3.05) is 6.54 Å². The minimum atomic E-state index is -0.458. The highest BCUT2D eigenvalue weighted by Gasteiger charge is 2.35. The first-order valence-electron chi connectivity index (χ1n) is 5.97. The predicted molar refractivity (Wildman–Crippen MR) is 62.8 cm³/mol. The normalized spacial score (nSPS) is 20.3. The second-order valence-electron chi connectivity index (χ2n) is 5.38. The van der Waals surface area contributed by atoms with E-state index in [9.17, 15) is 4.79 Å². The molecule has 1 fully saturated rings. The summed E-state index contributed by atoms with van der Waals surface area (Å²) in [5.74, 6) is 0.119. The Hall–Kier alpha value is -0.570. The van der Waals surface area contributed by atoms with Crippen LogP contribution in [0.15, 0.2) is 0 Å². The van der Waals surface area contributed by atoms with Crippen LogP contribution in [-0.4, -0.2) is 23.5 Å². The summed E-state index contributed by atoms with van der Waals surface area (Å²) in [7, 11) is 0. The van der Waals surface area contributed by atoms with Gasteiger partial charge in [-0.15, -0.1) is 0 Å². The van der Waals surface area contributed by atoms with Gasteiger partial charge in [-0.05, 0) is 40.2 Å². The highest BCUT2D eigenvalue weighted by atomic mass is 16.2. The van der Waals surface area contributed by atoms with Crippen LogP contribution in [0.3, 0.4) is 0 Å². The number of likely N-dealkylation sites (N-methyl/N-ethyl adjacent to an activating group) is 1. The molecule has 0 heterocycles. The van der Waals surface area contributed by atoms with Crippen molar-refractivity contribution in [1.29, 1.82) is 0 Å². The lowest BCUT2D eigenvalue weighted by Gasteiger charge is -2.32. The van der Waals surface area contributed by atoms with Crippen LogP contribution in [-0.2, 0) is 4.79 Å². The first-order valence-corrected chi connectivity index (χ1v) is 5.97. The zero-order valence-corrected chi connectivity index (χ0v) is 10.4. The lowest BCUT2D eigenvalue weighted by Crippen LogP contribution is -2.57. The monoisotopic (exact) mass is 212 g/mol. The number of amides is 1. The van der Waals surface area contributed by atoms with Crippen LogP contribution in [0.4, 0.5) is 0 Å². The standard InChI is InChI=1S/C12H24N2O/c1-5-13-11(2,3)10(15)14-12(4)8-6-7-9-12/h13H,5-9H2,1-4H3,(H,14,15). The number of rotatable bonds is 4. The summed E-state index contributed by atoms with van der Waals surface area (Å²) in [5.41, 5.74) is -0.426. The maximum absolute atomic E-state index is 12.0. The number of hydrogen-bond donors (Lipinski definition) is 2. The van der Waals surface area contributed by atoms with Gasteiger partial charge in [0.25, 0.3) is 0 Å². The summed E-state index contributed by atoms with van der Waals surface area (Å²) < 4.78 is 0. The fourth-order valence-corrected chi connectivity index (χ4v) is 2.23. The molecule has 15 heavy (non-hydrogen) atoms. The largest absolute Gasteiger partial charge is 0.349 e. The van der Waals surface area contributed by atoms with Crippen molar-refractivity contribution in [2.24, 2.45) is 0 Å². The molecule has 1 aliphatic carbocycles. The van der Waals surface area contributed by atoms with Crippen LogP contribution in [0.25, 0.3) is 0 Å². The van der Waals surface area contributed by atoms with E-state index in [0.29, 0.717) is 0 Å². The van der Waals surface area contributed by atoms with E-state index in [4.69, 9.17) is 0 Å². The Kier molecular flexibility index (Phi) is 3.77. The van der Waals surface area contributed by atoms with E-state index >= 15 is 0 Å². The number of carbonyl (C=O) groups excluding carboxylic acids is 1. The Bertz CT molecular complexity index is 230. The molecule has 1 aliphatic rings. The van der Waals surface area contributed by atoms with Crippen LogP contribution < -0.4 is 10.6 Å². The van der Waals surface area contributed by atoms with E-state index in [1.807, 2.05) is 20.8 Å². The predicted octanol–water partition coefficient (Wildman–Crippen LogP) is 1.82. The quantitative estimate of drug-likeness (QED) is 0.746. The maximum atomic E-state index is 12.0. The van der Waals surface area contributed by atoms with Gasteiger partial charge in [-0.25, -0.2) is 0 Å². The second-order valence-corrected chi connectivity index (χ2v) is 5.38. The zero-order chi connectivity index (χ0) is 11.5. The van der Waals surface area contributed by atoms with Crippen molar-refractivity contribution in [3.8, 4) is 0 Å². The van der Waals surface area contributed by atoms with Crippen LogP contribution in [0.1, 0.15) is 53.4 Å². The third kappa shape index (κ3) is 3.20. The van der Waals surface area contributed by atoms with Gasteiger partial charge < -0.3 is 10.6 Å². The van der Waals surface area contributed by atoms with Crippen LogP contribution in [0.2, 0.25) is 0 Å². The molecule has 3 heteroatoms. The van der Waals surface area contributed by atoms with Crippen molar-refractivity contribution in [3.05, 3.63) is 0 Å². The summed E-state index contributed by atoms with van der Waals surface area (Å²) in [6, 6.07) is 0. The molecule has 1 rings (SSSR count). The van der Waals surface area contributed by atoms with Crippen molar-refractivity contribution >= 4 is 5.91 Å². The molecule has 1 amide bonds. The van der Waals surface area contributed by atoms with E-state index in [1.54, 1.807) is 0 Å². The topological polar surface area (TPSA) is 41.1 Å². The van der Waals surface area contributed by atoms with Crippen molar-refractivity contribution < 1.29 is 4.79 Å². The molecule has 88 valence electrons. The molecule has 0 unspecified atom stereocenters. The third-order valence-electron chi connectivity index (χ3n) is 3.31. The second kappa shape index (κ2) is 4.52. The number of carbonyl (C=O) groups is 1. The van der Waals surface area contributed by atoms with Gasteiger partial charge in [-0.2, -0.15) is 0 Å². The Balaban J connectivity index is 2.54. The average Bonchev–Trinajstić information content (AvgIpc) is 2.51. The minimum absolute atomic E-state index is 0.0315. The molecule has 3 nitrogen and oxygen atoms in total. The van der Waals surface area contributed by atoms with Gasteiger partial charge in [0.05, 0.1) is 5.54 Å². The summed E-state index contributed by atoms with van der Waals surface area (Å²) in [4.78, 5) is 12.0. The fraction of sp³-hybridized carbons (Fsp3) is 0.917. The van der Waals surface area contributed by atoms with Gasteiger partial charge in [-0.3, -0.25) is 4.79 Å². The van der Waals surface area contributed by atoms with E-state index in [1.165, 1.54) is 12.8 Å². The van der Waals surface area contributed by atoms with Crippen molar-refractivity contribution in [3.63, 3.8) is 0 Å². The first kappa shape index (κ1) is 12.5. The maximum Gasteiger partial charge on any atom is 0.240 e. The highest BCUT2D eigenvalue weighted by Crippen LogP contribution is 2.29. The average molecular weight is 212 g/mol. The Morgan fingerprint density at radius 3 is 2.33 bits per heavy atom. The van der Waals surface area contributed by atoms with Crippen LogP contribution in [0.5, 0.6) is 0 Å². The first-order chi connectivity index (χ1) is 6.90. The number of nitrogens with one attached hydrogen (secondary N) is 2. The number of hydrogen-bond acceptors (Lipinski definition) is 2. The molecule has 0 aromatic rings. The Morgan fingerprint density at radius 2 is 1.87 bits per heavy atom. The molecule has 0 atom stereocenters. The fourth-order valence-electron chi connectivity index (χ4n) is 2.23. The summed E-state index contributed by atoms with van der Waals surface area (Å²) >= 11 is 0. The summed E-state index contributed by atoms with van der Waals surface area (Å²) in [6.45, 7) is 8.86. The minimum Gasteiger partial charge on any atom is -0.349 e. The van der Waals surface area contributed by atoms with Gasteiger partial charge in [0.1, 0.15) is 0 Å². The van der Waals surface area contributed by atoms with Crippen molar-refractivity contribution in [2.45, 2.75) is 64.5 Å². The summed E-state index contributed by atoms with van der Waals surface area (Å²) in [5, 5.41) is 6.38. The lowest BCUT2D eigenvalue weighted by molar-refractivity contribution is -0.128. The molecule has 0 spiro atoms. The van der Waals surface area contributed by atoms with Crippen LogP contribution in [0, 0.1) is 0 Å². The molecular weight excluding hydrogens is 188 g/mol. The Labute approximate surface area is 93.0 Å². The van der Waals surface area contributed by atoms with Gasteiger partial charge in [0, 0.05) is 5.54 Å². The van der Waals surface area contributed by atoms with E-state index < -0.39 is 5.54 Å². The van der Waals surface area contributed by atoms with E-state index in [-0.39, 0.29) is 11.4 Å². The SMILES string of the molecule is CCNC(C)(C)C(=O)NC1(C)CCCC1. The zero-order valence-electron chi connectivity index (χ0n) is 10.4. The molecule has 0 radical (unpaired) electrons. The van der Waals surface area contributed by atoms with E-state index in [0.717, 1.165) is 19.4 Å². The van der Waals surface area contributed by atoms with Gasteiger partial charge >= 0.3 is 0 Å². The smallest absolute Gasteiger partial charge is 0.240 e. The van der Waals surface area contributed by atoms with Crippen molar-refractivity contribution in [1.82, 2.24) is 10.6 Å². The van der Waals surface area contributed by atoms with Crippen LogP contribution >= 0.6 is 0 Å². The molecule has 0 bridgehead atoms. The molecular formula is C12H24N2O. The molecule has 2 N–H and O–H groups in total. The Morgan fingerprint density at radius 1 is 1.33 bits per heavy atom. The van der Waals surface area contributed by atoms with Gasteiger partial charge in [0.15, 0.2) is 0 Å². The molecule has 0 saturated heterocycles. The van der Waals surface area contributed by atoms with Gasteiger partial charge in [-0.1, -0.05) is 19.8 Å². The highest BCUT2D eigenvalue weighted by molar-refractivity contribution is 5.86. The molecule has 0 aromatic carbocycles. The molecule has 0 aromatic heterocycles. The molecule has 0 aliphatic heterocycles. The van der Waals surface area contributed by atoms with E-state index in [2.05, 4.69) is 17.6 Å². The molecule has 1 saturated carbocycles. The summed E-state index contributed by atoms with van der Waals surface area (Å²) in [6.07, 6.45) is 4.69. The third-order valence-corrected chi connectivity index (χ3v) is 3.31. The van der Waals surface area contributed by atoms with Gasteiger partial charge in [0.2, 0.25) is 5.91 Å².